The van der Waals surface area contributed by atoms with Crippen LogP contribution in [0.15, 0.2) is 48.9 Å². The summed E-state index contributed by atoms with van der Waals surface area (Å²) in [5, 5.41) is 1.76. The Hall–Kier alpha value is -2.39. The third-order valence-electron chi connectivity index (χ3n) is 4.07. The van der Waals surface area contributed by atoms with Gasteiger partial charge in [0.2, 0.25) is 0 Å². The van der Waals surface area contributed by atoms with Crippen LogP contribution in [-0.2, 0) is 12.8 Å². The number of nitrogens with zero attached hydrogens (tertiary/aromatic N) is 2. The first-order valence-electron chi connectivity index (χ1n) is 7.15. The van der Waals surface area contributed by atoms with Crippen molar-refractivity contribution in [2.24, 2.45) is 0 Å². The maximum atomic E-state index is 12.6. The number of halogens is 1. The molecule has 2 heterocycles. The first-order chi connectivity index (χ1) is 10.7. The molecule has 0 saturated carbocycles. The van der Waals surface area contributed by atoms with Crippen molar-refractivity contribution in [2.75, 3.05) is 0 Å². The Kier molecular flexibility index (Phi) is 3.09. The monoisotopic (exact) mass is 308 g/mol. The third kappa shape index (κ3) is 2.06. The fourth-order valence-corrected chi connectivity index (χ4v) is 3.23. The first-order valence-corrected chi connectivity index (χ1v) is 7.53. The fourth-order valence-electron chi connectivity index (χ4n) is 3.04. The van der Waals surface area contributed by atoms with Crippen LogP contribution < -0.4 is 5.22 Å². The van der Waals surface area contributed by atoms with Crippen LogP contribution in [0.5, 0.6) is 0 Å². The van der Waals surface area contributed by atoms with Crippen LogP contribution in [0.2, 0.25) is 5.02 Å². The van der Waals surface area contributed by atoms with Gasteiger partial charge in [-0.1, -0.05) is 42.0 Å². The number of carbonyl (C=O) groups excluding carboxylic acids is 1. The van der Waals surface area contributed by atoms with Gasteiger partial charge in [-0.05, 0) is 24.1 Å². The number of ketones is 1. The second-order valence-electron chi connectivity index (χ2n) is 5.40. The summed E-state index contributed by atoms with van der Waals surface area (Å²) >= 11 is 5.98. The highest BCUT2D eigenvalue weighted by Gasteiger charge is 2.18. The molecule has 1 aliphatic carbocycles. The van der Waals surface area contributed by atoms with Crippen LogP contribution in [-0.4, -0.2) is 15.2 Å². The quantitative estimate of drug-likeness (QED) is 0.697. The lowest BCUT2D eigenvalue weighted by Crippen LogP contribution is -2.11. The Bertz CT molecular complexity index is 969. The Morgan fingerprint density at radius 2 is 2.27 bits per heavy atom. The van der Waals surface area contributed by atoms with Gasteiger partial charge < -0.3 is 4.40 Å². The van der Waals surface area contributed by atoms with E-state index in [-0.39, 0.29) is 5.78 Å². The Labute approximate surface area is 132 Å². The molecule has 4 rings (SSSR count). The van der Waals surface area contributed by atoms with Gasteiger partial charge in [-0.25, -0.2) is 4.98 Å². The van der Waals surface area contributed by atoms with E-state index in [4.69, 9.17) is 11.6 Å². The van der Waals surface area contributed by atoms with E-state index >= 15 is 0 Å². The summed E-state index contributed by atoms with van der Waals surface area (Å²) in [5.41, 5.74) is 3.95. The summed E-state index contributed by atoms with van der Waals surface area (Å²) in [4.78, 5) is 16.8. The zero-order valence-electron chi connectivity index (χ0n) is 11.8. The van der Waals surface area contributed by atoms with Crippen LogP contribution in [0.3, 0.4) is 0 Å². The van der Waals surface area contributed by atoms with Gasteiger partial charge in [0.05, 0.1) is 24.5 Å². The molecule has 0 unspecified atom stereocenters. The van der Waals surface area contributed by atoms with E-state index in [0.717, 1.165) is 17.6 Å². The van der Waals surface area contributed by atoms with Crippen molar-refractivity contribution < 1.29 is 4.79 Å². The number of aromatic nitrogens is 2. The van der Waals surface area contributed by atoms with Gasteiger partial charge in [0, 0.05) is 21.5 Å². The minimum Gasteiger partial charge on any atom is -0.302 e. The second-order valence-corrected chi connectivity index (χ2v) is 5.83. The number of carbonyl (C=O) groups is 1. The minimum atomic E-state index is 0.0699. The highest BCUT2D eigenvalue weighted by Crippen LogP contribution is 2.18. The molecule has 0 saturated heterocycles. The summed E-state index contributed by atoms with van der Waals surface area (Å²) in [6.45, 7) is 0. The number of Topliss-reactive ketones (excluding diaryl/α,β-unsaturated/α-hetero) is 1. The maximum absolute atomic E-state index is 12.6. The maximum Gasteiger partial charge on any atom is 0.168 e. The zero-order valence-corrected chi connectivity index (χ0v) is 12.5. The largest absolute Gasteiger partial charge is 0.302 e. The van der Waals surface area contributed by atoms with E-state index in [9.17, 15) is 4.79 Å². The van der Waals surface area contributed by atoms with Crippen LogP contribution >= 0.6 is 11.6 Å². The molecule has 3 aromatic rings. The number of benzene rings is 1. The molecule has 4 heteroatoms. The molecule has 1 aromatic carbocycles. The molecule has 0 aliphatic heterocycles. The topological polar surface area (TPSA) is 34.4 Å². The van der Waals surface area contributed by atoms with Crippen LogP contribution in [0, 0.1) is 0 Å². The van der Waals surface area contributed by atoms with E-state index in [2.05, 4.69) is 23.2 Å². The van der Waals surface area contributed by atoms with Crippen molar-refractivity contribution in [3.63, 3.8) is 0 Å². The molecule has 0 bridgehead atoms. The van der Waals surface area contributed by atoms with E-state index in [1.807, 2.05) is 10.6 Å². The number of hydrogen-bond donors (Lipinski definition) is 0. The van der Waals surface area contributed by atoms with Crippen molar-refractivity contribution in [3.8, 4) is 0 Å². The van der Waals surface area contributed by atoms with E-state index < -0.39 is 0 Å². The molecular weight excluding hydrogens is 296 g/mol. The van der Waals surface area contributed by atoms with Crippen LogP contribution in [0.1, 0.15) is 21.6 Å². The molecule has 1 aliphatic rings. The predicted octanol–water partition coefficient (Wildman–Crippen LogP) is 3.02. The van der Waals surface area contributed by atoms with Crippen LogP contribution in [0.25, 0.3) is 11.6 Å². The highest BCUT2D eigenvalue weighted by atomic mass is 35.5. The fraction of sp³-hybridized carbons (Fsp3) is 0.111. The molecule has 0 atom stereocenters. The molecule has 0 amide bonds. The van der Waals surface area contributed by atoms with Gasteiger partial charge in [-0.15, -0.1) is 0 Å². The van der Waals surface area contributed by atoms with E-state index in [1.165, 1.54) is 10.8 Å². The van der Waals surface area contributed by atoms with Crippen molar-refractivity contribution in [1.82, 2.24) is 9.38 Å². The normalized spacial score (nSPS) is 13.1. The molecule has 108 valence electrons. The Morgan fingerprint density at radius 1 is 1.36 bits per heavy atom. The molecule has 3 nitrogen and oxygen atoms in total. The molecule has 0 radical (unpaired) electrons. The molecule has 0 spiro atoms. The first kappa shape index (κ1) is 13.3. The third-order valence-corrected chi connectivity index (χ3v) is 4.31. The van der Waals surface area contributed by atoms with Crippen molar-refractivity contribution in [2.45, 2.75) is 12.8 Å². The smallest absolute Gasteiger partial charge is 0.168 e. The van der Waals surface area contributed by atoms with Crippen molar-refractivity contribution >= 4 is 29.0 Å². The lowest BCUT2D eigenvalue weighted by atomic mass is 10.0. The zero-order chi connectivity index (χ0) is 15.1. The molecular formula is C18H13ClN2O. The Balaban J connectivity index is 1.79. The van der Waals surface area contributed by atoms with Crippen molar-refractivity contribution in [1.29, 1.82) is 0 Å². The molecule has 0 N–H and O–H groups in total. The van der Waals surface area contributed by atoms with Gasteiger partial charge in [-0.3, -0.25) is 4.79 Å². The summed E-state index contributed by atoms with van der Waals surface area (Å²) in [5.74, 6) is 0.0699. The SMILES string of the molecule is O=C(Cc1c2c(c3cncn13)=CC=CC2)c1cccc(Cl)c1. The standard InChI is InChI=1S/C18H13ClN2O/c19-13-5-3-4-12(8-13)18(22)9-16-14-6-1-2-7-15(14)17-10-20-11-21(16)17/h1-5,7-8,10-11H,6,9H2. The second kappa shape index (κ2) is 5.11. The van der Waals surface area contributed by atoms with E-state index in [0.29, 0.717) is 17.0 Å². The minimum absolute atomic E-state index is 0.0699. The number of hydrogen-bond acceptors (Lipinski definition) is 2. The van der Waals surface area contributed by atoms with Gasteiger partial charge in [0.15, 0.2) is 5.78 Å². The lowest BCUT2D eigenvalue weighted by Gasteiger charge is -2.06. The van der Waals surface area contributed by atoms with Gasteiger partial charge in [-0.2, -0.15) is 0 Å². The predicted molar refractivity (Wildman–Crippen MR) is 87.2 cm³/mol. The summed E-state index contributed by atoms with van der Waals surface area (Å²) in [6, 6.07) is 7.10. The average Bonchev–Trinajstić information content (AvgIpc) is 3.10. The Morgan fingerprint density at radius 3 is 3.14 bits per heavy atom. The number of fused-ring (bicyclic) bond motifs is 3. The summed E-state index contributed by atoms with van der Waals surface area (Å²) < 4.78 is 2.02. The number of rotatable bonds is 3. The molecule has 2 aromatic heterocycles. The van der Waals surface area contributed by atoms with Crippen LogP contribution in [0.4, 0.5) is 0 Å². The van der Waals surface area contributed by atoms with Gasteiger partial charge >= 0.3 is 0 Å². The molecule has 22 heavy (non-hydrogen) atoms. The van der Waals surface area contributed by atoms with E-state index in [1.54, 1.807) is 30.6 Å². The summed E-state index contributed by atoms with van der Waals surface area (Å²) in [6.07, 6.45) is 11.1. The van der Waals surface area contributed by atoms with Gasteiger partial charge in [0.25, 0.3) is 0 Å². The van der Waals surface area contributed by atoms with Crippen molar-refractivity contribution in [3.05, 3.63) is 76.0 Å². The van der Waals surface area contributed by atoms with Gasteiger partial charge in [0.1, 0.15) is 0 Å². The number of allylic oxidation sites excluding steroid dienone is 2. The highest BCUT2D eigenvalue weighted by molar-refractivity contribution is 6.31. The lowest BCUT2D eigenvalue weighted by molar-refractivity contribution is 0.0991. The number of imidazole rings is 1. The summed E-state index contributed by atoms with van der Waals surface area (Å²) in [7, 11) is 0. The average molecular weight is 309 g/mol. The molecule has 0 fully saturated rings.